The minimum Gasteiger partial charge on any atom is -0.504 e. The van der Waals surface area contributed by atoms with Crippen LogP contribution in [-0.2, 0) is 0 Å². The van der Waals surface area contributed by atoms with E-state index in [1.165, 1.54) is 13.5 Å². The second-order valence-corrected chi connectivity index (χ2v) is 5.83. The van der Waals surface area contributed by atoms with Gasteiger partial charge >= 0.3 is 0 Å². The first kappa shape index (κ1) is 15.6. The second-order valence-electron chi connectivity index (χ2n) is 5.83. The molecule has 1 aliphatic heterocycles. The molecule has 21 heavy (non-hydrogen) atoms. The number of amides is 1. The van der Waals surface area contributed by atoms with E-state index in [1.54, 1.807) is 24.1 Å². The number of ether oxygens (including phenoxy) is 1. The molecule has 0 aromatic heterocycles. The molecule has 1 fully saturated rings. The number of hydrogen-bond acceptors (Lipinski definition) is 4. The smallest absolute Gasteiger partial charge is 0.257 e. The van der Waals surface area contributed by atoms with Crippen LogP contribution in [-0.4, -0.2) is 61.2 Å². The number of phenolic OH excluding ortho intramolecular Hbond substituents is 1. The summed E-state index contributed by atoms with van der Waals surface area (Å²) in [5, 5.41) is 10.2. The van der Waals surface area contributed by atoms with Gasteiger partial charge in [-0.2, -0.15) is 0 Å². The number of likely N-dealkylation sites (tertiary alicyclic amines) is 1. The second kappa shape index (κ2) is 6.35. The normalized spacial score (nSPS) is 18.8. The summed E-state index contributed by atoms with van der Waals surface area (Å²) < 4.78 is 5.12. The minimum atomic E-state index is -0.171. The van der Waals surface area contributed by atoms with Crippen LogP contribution in [0.25, 0.3) is 0 Å². The van der Waals surface area contributed by atoms with Gasteiger partial charge in [0, 0.05) is 19.6 Å². The molecule has 1 heterocycles. The summed E-state index contributed by atoms with van der Waals surface area (Å²) in [6, 6.07) is 3.82. The maximum atomic E-state index is 12.6. The lowest BCUT2D eigenvalue weighted by Crippen LogP contribution is -2.39. The molecular formula is C16H24N2O3. The van der Waals surface area contributed by atoms with Crippen molar-refractivity contribution in [2.75, 3.05) is 34.3 Å². The molecule has 116 valence electrons. The zero-order valence-electron chi connectivity index (χ0n) is 13.2. The highest BCUT2D eigenvalue weighted by Crippen LogP contribution is 2.32. The van der Waals surface area contributed by atoms with Gasteiger partial charge in [0.05, 0.1) is 12.7 Å². The molecule has 5 nitrogen and oxygen atoms in total. The van der Waals surface area contributed by atoms with Crippen molar-refractivity contribution in [3.63, 3.8) is 0 Å². The Bertz CT molecular complexity index is 530. The van der Waals surface area contributed by atoms with Crippen LogP contribution in [0.3, 0.4) is 0 Å². The van der Waals surface area contributed by atoms with Gasteiger partial charge in [0.2, 0.25) is 0 Å². The molecule has 1 amide bonds. The van der Waals surface area contributed by atoms with Crippen molar-refractivity contribution in [1.82, 2.24) is 9.80 Å². The molecule has 1 aromatic carbocycles. The first-order valence-electron chi connectivity index (χ1n) is 7.27. The number of aryl methyl sites for hydroxylation is 1. The average Bonchev–Trinajstić information content (AvgIpc) is 2.85. The van der Waals surface area contributed by atoms with E-state index in [2.05, 4.69) is 11.9 Å². The Morgan fingerprint density at radius 2 is 2.24 bits per heavy atom. The van der Waals surface area contributed by atoms with E-state index in [-0.39, 0.29) is 11.7 Å². The number of carbonyl (C=O) groups is 1. The molecule has 1 aromatic rings. The van der Waals surface area contributed by atoms with Crippen LogP contribution in [0.5, 0.6) is 11.5 Å². The third kappa shape index (κ3) is 3.29. The Hall–Kier alpha value is -1.75. The van der Waals surface area contributed by atoms with Gasteiger partial charge in [-0.05, 0) is 51.1 Å². The van der Waals surface area contributed by atoms with Crippen molar-refractivity contribution in [2.45, 2.75) is 25.8 Å². The molecule has 2 rings (SSSR count). The number of methoxy groups -OCH3 is 1. The van der Waals surface area contributed by atoms with E-state index in [0.29, 0.717) is 23.9 Å². The van der Waals surface area contributed by atoms with Crippen LogP contribution in [0, 0.1) is 6.92 Å². The first-order valence-corrected chi connectivity index (χ1v) is 7.27. The van der Waals surface area contributed by atoms with Crippen LogP contribution in [0.1, 0.15) is 28.8 Å². The summed E-state index contributed by atoms with van der Waals surface area (Å²) in [6.07, 6.45) is 2.28. The van der Waals surface area contributed by atoms with E-state index in [0.717, 1.165) is 18.5 Å². The summed E-state index contributed by atoms with van der Waals surface area (Å²) in [6.45, 7) is 3.63. The third-order valence-corrected chi connectivity index (χ3v) is 4.17. The summed E-state index contributed by atoms with van der Waals surface area (Å²) in [7, 11) is 5.35. The number of hydrogen-bond donors (Lipinski definition) is 1. The molecule has 1 N–H and O–H groups in total. The van der Waals surface area contributed by atoms with Crippen LogP contribution in [0.15, 0.2) is 12.1 Å². The van der Waals surface area contributed by atoms with E-state index in [1.807, 2.05) is 6.92 Å². The Morgan fingerprint density at radius 3 is 2.81 bits per heavy atom. The van der Waals surface area contributed by atoms with E-state index < -0.39 is 0 Å². The van der Waals surface area contributed by atoms with Gasteiger partial charge in [-0.1, -0.05) is 0 Å². The largest absolute Gasteiger partial charge is 0.504 e. The van der Waals surface area contributed by atoms with Crippen molar-refractivity contribution in [3.05, 3.63) is 23.3 Å². The van der Waals surface area contributed by atoms with Crippen molar-refractivity contribution in [3.8, 4) is 11.5 Å². The summed E-state index contributed by atoms with van der Waals surface area (Å²) in [5.74, 6) is 0.0826. The zero-order chi connectivity index (χ0) is 15.6. The summed E-state index contributed by atoms with van der Waals surface area (Å²) in [4.78, 5) is 16.5. The molecule has 0 bridgehead atoms. The van der Waals surface area contributed by atoms with Crippen molar-refractivity contribution >= 4 is 5.91 Å². The lowest BCUT2D eigenvalue weighted by molar-refractivity contribution is 0.0758. The van der Waals surface area contributed by atoms with Crippen LogP contribution >= 0.6 is 0 Å². The maximum Gasteiger partial charge on any atom is 0.257 e. The van der Waals surface area contributed by atoms with Gasteiger partial charge in [-0.15, -0.1) is 0 Å². The fourth-order valence-corrected chi connectivity index (χ4v) is 2.88. The van der Waals surface area contributed by atoms with Crippen LogP contribution in [0.2, 0.25) is 0 Å². The molecule has 0 aliphatic carbocycles. The van der Waals surface area contributed by atoms with E-state index in [9.17, 15) is 9.90 Å². The lowest BCUT2D eigenvalue weighted by Gasteiger charge is -2.26. The van der Waals surface area contributed by atoms with Crippen molar-refractivity contribution in [2.24, 2.45) is 0 Å². The standard InChI is InChI=1S/C16H24N2O3/c1-11-8-13(15(19)14(9-11)21-4)16(20)18(3)10-12-6-5-7-17(12)2/h8-9,12,19H,5-7,10H2,1-4H3. The fraction of sp³-hybridized carbons (Fsp3) is 0.562. The molecule has 1 aliphatic rings. The highest BCUT2D eigenvalue weighted by molar-refractivity contribution is 5.97. The Morgan fingerprint density at radius 1 is 1.52 bits per heavy atom. The monoisotopic (exact) mass is 292 g/mol. The van der Waals surface area contributed by atoms with Gasteiger partial charge in [0.1, 0.15) is 0 Å². The molecule has 1 unspecified atom stereocenters. The molecule has 5 heteroatoms. The molecular weight excluding hydrogens is 268 g/mol. The van der Waals surface area contributed by atoms with Gasteiger partial charge in [-0.25, -0.2) is 0 Å². The number of rotatable bonds is 4. The maximum absolute atomic E-state index is 12.6. The van der Waals surface area contributed by atoms with Gasteiger partial charge in [0.25, 0.3) is 5.91 Å². The summed E-state index contributed by atoms with van der Waals surface area (Å²) >= 11 is 0. The number of phenols is 1. The molecule has 0 spiro atoms. The van der Waals surface area contributed by atoms with Gasteiger partial charge in [0.15, 0.2) is 11.5 Å². The SMILES string of the molecule is COc1cc(C)cc(C(=O)N(C)CC2CCCN2C)c1O. The van der Waals surface area contributed by atoms with Crippen LogP contribution in [0.4, 0.5) is 0 Å². The van der Waals surface area contributed by atoms with Crippen molar-refractivity contribution < 1.29 is 14.6 Å². The van der Waals surface area contributed by atoms with Crippen LogP contribution < -0.4 is 4.74 Å². The van der Waals surface area contributed by atoms with Crippen molar-refractivity contribution in [1.29, 1.82) is 0 Å². The minimum absolute atomic E-state index is 0.0836. The predicted octanol–water partition coefficient (Wildman–Crippen LogP) is 1.88. The average molecular weight is 292 g/mol. The Labute approximate surface area is 126 Å². The summed E-state index contributed by atoms with van der Waals surface area (Å²) in [5.41, 5.74) is 1.19. The number of aromatic hydroxyl groups is 1. The predicted molar refractivity (Wildman–Crippen MR) is 82.0 cm³/mol. The van der Waals surface area contributed by atoms with E-state index in [4.69, 9.17) is 4.74 Å². The molecule has 0 saturated carbocycles. The molecule has 1 saturated heterocycles. The Kier molecular flexibility index (Phi) is 4.73. The first-order chi connectivity index (χ1) is 9.93. The Balaban J connectivity index is 2.17. The van der Waals surface area contributed by atoms with E-state index >= 15 is 0 Å². The highest BCUT2D eigenvalue weighted by atomic mass is 16.5. The third-order valence-electron chi connectivity index (χ3n) is 4.17. The number of nitrogens with zero attached hydrogens (tertiary/aromatic N) is 2. The lowest BCUT2D eigenvalue weighted by atomic mass is 10.1. The number of likely N-dealkylation sites (N-methyl/N-ethyl adjacent to an activating group) is 2. The van der Waals surface area contributed by atoms with Gasteiger partial charge in [-0.3, -0.25) is 4.79 Å². The number of benzene rings is 1. The highest BCUT2D eigenvalue weighted by Gasteiger charge is 2.26. The zero-order valence-corrected chi connectivity index (χ0v) is 13.2. The molecule has 0 radical (unpaired) electrons. The van der Waals surface area contributed by atoms with Gasteiger partial charge < -0.3 is 19.6 Å². The molecule has 1 atom stereocenters. The topological polar surface area (TPSA) is 53.0 Å². The number of carbonyl (C=O) groups excluding carboxylic acids is 1. The quantitative estimate of drug-likeness (QED) is 0.920. The fourth-order valence-electron chi connectivity index (χ4n) is 2.88.